The molecule has 0 radical (unpaired) electrons. The molecule has 11 heteroatoms. The Kier molecular flexibility index (Phi) is 5.31. The van der Waals surface area contributed by atoms with Gasteiger partial charge in [-0.15, -0.1) is 0 Å². The van der Waals surface area contributed by atoms with E-state index >= 15 is 0 Å². The van der Waals surface area contributed by atoms with E-state index in [2.05, 4.69) is 20.3 Å². The van der Waals surface area contributed by atoms with Crippen LogP contribution in [0.3, 0.4) is 0 Å². The lowest BCUT2D eigenvalue weighted by Gasteiger charge is -2.17. The zero-order valence-corrected chi connectivity index (χ0v) is 15.0. The fourth-order valence-electron chi connectivity index (χ4n) is 2.88. The van der Waals surface area contributed by atoms with Crippen LogP contribution in [0.5, 0.6) is 0 Å². The summed E-state index contributed by atoms with van der Waals surface area (Å²) in [6.07, 6.45) is 1.41. The number of aromatic nitrogens is 4. The fraction of sp³-hybridized carbons (Fsp3) is 0.500. The molecule has 0 spiro atoms. The van der Waals surface area contributed by atoms with Crippen LogP contribution >= 0.6 is 0 Å². The summed E-state index contributed by atoms with van der Waals surface area (Å²) in [5.41, 5.74) is 0.859. The van der Waals surface area contributed by atoms with Crippen LogP contribution in [0.25, 0.3) is 11.2 Å². The molecule has 1 fully saturated rings. The highest BCUT2D eigenvalue weighted by Crippen LogP contribution is 2.33. The minimum Gasteiger partial charge on any atom is -0.463 e. The second kappa shape index (κ2) is 7.66. The minimum atomic E-state index is -0.614. The van der Waals surface area contributed by atoms with Crippen molar-refractivity contribution in [1.82, 2.24) is 19.5 Å². The lowest BCUT2D eigenvalue weighted by Crippen LogP contribution is -2.31. The van der Waals surface area contributed by atoms with Crippen molar-refractivity contribution in [1.29, 1.82) is 0 Å². The standard InChI is InChI=1S/C16H19N5O6/c1-8(22)20-15-14-16(18-6-17-15)21(7-19-14)13-4-11(26-10(3)24)12(27-13)5-25-9(2)23/h6-7,11-13H,4-5H2,1-3H3,(H,17,18,20,22)/t11-,12-,13+/m0/s1. The van der Waals surface area contributed by atoms with E-state index in [0.717, 1.165) is 0 Å². The molecule has 1 aliphatic rings. The first-order chi connectivity index (χ1) is 12.8. The van der Waals surface area contributed by atoms with E-state index in [1.807, 2.05) is 0 Å². The van der Waals surface area contributed by atoms with Gasteiger partial charge in [-0.05, 0) is 0 Å². The number of amides is 1. The van der Waals surface area contributed by atoms with Crippen molar-refractivity contribution in [2.24, 2.45) is 0 Å². The zero-order valence-electron chi connectivity index (χ0n) is 15.0. The van der Waals surface area contributed by atoms with Gasteiger partial charge in [0.05, 0.1) is 6.33 Å². The predicted octanol–water partition coefficient (Wildman–Crippen LogP) is 0.567. The highest BCUT2D eigenvalue weighted by molar-refractivity contribution is 5.95. The Balaban J connectivity index is 1.86. The summed E-state index contributed by atoms with van der Waals surface area (Å²) in [5.74, 6) is -0.900. The molecule has 1 saturated heterocycles. The molecule has 0 aromatic carbocycles. The van der Waals surface area contributed by atoms with Crippen LogP contribution in [0.15, 0.2) is 12.7 Å². The lowest BCUT2D eigenvalue weighted by molar-refractivity contribution is -0.155. The van der Waals surface area contributed by atoms with Crippen LogP contribution in [-0.4, -0.2) is 56.2 Å². The number of esters is 2. The number of fused-ring (bicyclic) bond motifs is 1. The first kappa shape index (κ1) is 18.7. The van der Waals surface area contributed by atoms with Crippen molar-refractivity contribution in [2.75, 3.05) is 11.9 Å². The SMILES string of the molecule is CC(=O)Nc1ncnc2c1ncn2[C@H]1C[C@H](OC(C)=O)[C@H](COC(C)=O)O1. The quantitative estimate of drug-likeness (QED) is 0.742. The molecule has 2 aromatic rings. The van der Waals surface area contributed by atoms with Gasteiger partial charge in [-0.2, -0.15) is 0 Å². The molecule has 3 heterocycles. The summed E-state index contributed by atoms with van der Waals surface area (Å²) < 4.78 is 17.9. The maximum Gasteiger partial charge on any atom is 0.303 e. The molecule has 3 rings (SSSR count). The summed E-state index contributed by atoms with van der Waals surface area (Å²) in [6.45, 7) is 3.92. The molecule has 0 bridgehead atoms. The maximum atomic E-state index is 11.4. The molecule has 0 unspecified atom stereocenters. The fourth-order valence-corrected chi connectivity index (χ4v) is 2.88. The Morgan fingerprint density at radius 2 is 2.00 bits per heavy atom. The van der Waals surface area contributed by atoms with Gasteiger partial charge in [-0.25, -0.2) is 15.0 Å². The van der Waals surface area contributed by atoms with Crippen molar-refractivity contribution < 1.29 is 28.6 Å². The summed E-state index contributed by atoms with van der Waals surface area (Å²) in [7, 11) is 0. The zero-order chi connectivity index (χ0) is 19.6. The third-order valence-corrected chi connectivity index (χ3v) is 3.91. The van der Waals surface area contributed by atoms with Gasteiger partial charge in [0.25, 0.3) is 0 Å². The average molecular weight is 377 g/mol. The van der Waals surface area contributed by atoms with E-state index in [9.17, 15) is 14.4 Å². The Bertz CT molecular complexity index is 881. The number of carbonyl (C=O) groups excluding carboxylic acids is 3. The monoisotopic (exact) mass is 377 g/mol. The summed E-state index contributed by atoms with van der Waals surface area (Å²) in [4.78, 5) is 46.2. The van der Waals surface area contributed by atoms with Gasteiger partial charge in [0.15, 0.2) is 17.0 Å². The van der Waals surface area contributed by atoms with Gasteiger partial charge >= 0.3 is 11.9 Å². The second-order valence-corrected chi connectivity index (χ2v) is 6.04. The third kappa shape index (κ3) is 4.19. The van der Waals surface area contributed by atoms with Gasteiger partial charge < -0.3 is 19.5 Å². The van der Waals surface area contributed by atoms with Crippen LogP contribution in [-0.2, 0) is 28.6 Å². The largest absolute Gasteiger partial charge is 0.463 e. The smallest absolute Gasteiger partial charge is 0.303 e. The maximum absolute atomic E-state index is 11.4. The van der Waals surface area contributed by atoms with Gasteiger partial charge in [0, 0.05) is 27.2 Å². The van der Waals surface area contributed by atoms with Gasteiger partial charge in [0.2, 0.25) is 5.91 Å². The summed E-state index contributed by atoms with van der Waals surface area (Å²) in [5, 5.41) is 2.59. The van der Waals surface area contributed by atoms with Gasteiger partial charge in [-0.1, -0.05) is 0 Å². The van der Waals surface area contributed by atoms with Crippen LogP contribution < -0.4 is 5.32 Å². The highest BCUT2D eigenvalue weighted by Gasteiger charge is 2.40. The molecular weight excluding hydrogens is 358 g/mol. The van der Waals surface area contributed by atoms with Crippen LogP contribution in [0.4, 0.5) is 5.82 Å². The molecular formula is C16H19N5O6. The molecule has 1 amide bonds. The first-order valence-corrected chi connectivity index (χ1v) is 8.26. The van der Waals surface area contributed by atoms with E-state index in [4.69, 9.17) is 14.2 Å². The van der Waals surface area contributed by atoms with Crippen molar-refractivity contribution in [3.8, 4) is 0 Å². The van der Waals surface area contributed by atoms with Crippen LogP contribution in [0.2, 0.25) is 0 Å². The predicted molar refractivity (Wildman–Crippen MR) is 90.3 cm³/mol. The average Bonchev–Trinajstić information content (AvgIpc) is 3.16. The molecule has 1 N–H and O–H groups in total. The number of imidazole rings is 1. The summed E-state index contributed by atoms with van der Waals surface area (Å²) >= 11 is 0. The van der Waals surface area contributed by atoms with Crippen LogP contribution in [0, 0.1) is 0 Å². The normalized spacial score (nSPS) is 21.8. The molecule has 11 nitrogen and oxygen atoms in total. The number of ether oxygens (including phenoxy) is 3. The molecule has 0 saturated carbocycles. The first-order valence-electron chi connectivity index (χ1n) is 8.26. The topological polar surface area (TPSA) is 135 Å². The number of hydrogen-bond donors (Lipinski definition) is 1. The number of nitrogens with zero attached hydrogens (tertiary/aromatic N) is 4. The third-order valence-electron chi connectivity index (χ3n) is 3.91. The molecule has 144 valence electrons. The molecule has 3 atom stereocenters. The van der Waals surface area contributed by atoms with Crippen LogP contribution in [0.1, 0.15) is 33.4 Å². The minimum absolute atomic E-state index is 0.0392. The Labute approximate surface area is 154 Å². The highest BCUT2D eigenvalue weighted by atomic mass is 16.6. The molecule has 2 aromatic heterocycles. The Hall–Kier alpha value is -3.08. The number of rotatable bonds is 5. The second-order valence-electron chi connectivity index (χ2n) is 6.04. The summed E-state index contributed by atoms with van der Waals surface area (Å²) in [6, 6.07) is 0. The lowest BCUT2D eigenvalue weighted by atomic mass is 10.2. The van der Waals surface area contributed by atoms with Crippen molar-refractivity contribution in [2.45, 2.75) is 45.6 Å². The van der Waals surface area contributed by atoms with E-state index in [0.29, 0.717) is 17.6 Å². The number of hydrogen-bond acceptors (Lipinski definition) is 9. The van der Waals surface area contributed by atoms with E-state index < -0.39 is 30.4 Å². The van der Waals surface area contributed by atoms with E-state index in [-0.39, 0.29) is 18.3 Å². The van der Waals surface area contributed by atoms with Crippen molar-refractivity contribution >= 4 is 34.8 Å². The molecule has 27 heavy (non-hydrogen) atoms. The number of nitrogens with one attached hydrogen (secondary N) is 1. The Morgan fingerprint density at radius 3 is 2.67 bits per heavy atom. The molecule has 0 aliphatic carbocycles. The van der Waals surface area contributed by atoms with Crippen molar-refractivity contribution in [3.05, 3.63) is 12.7 Å². The number of anilines is 1. The van der Waals surface area contributed by atoms with E-state index in [1.165, 1.54) is 33.4 Å². The molecule has 1 aliphatic heterocycles. The van der Waals surface area contributed by atoms with Gasteiger partial charge in [-0.3, -0.25) is 19.0 Å². The Morgan fingerprint density at radius 1 is 1.22 bits per heavy atom. The number of carbonyl (C=O) groups is 3. The van der Waals surface area contributed by atoms with Gasteiger partial charge in [0.1, 0.15) is 31.4 Å². The van der Waals surface area contributed by atoms with Crippen molar-refractivity contribution in [3.63, 3.8) is 0 Å². The van der Waals surface area contributed by atoms with E-state index in [1.54, 1.807) is 4.57 Å².